The molecule has 0 radical (unpaired) electrons. The quantitative estimate of drug-likeness (QED) is 0.610. The van der Waals surface area contributed by atoms with Crippen LogP contribution in [0.1, 0.15) is 49.7 Å². The van der Waals surface area contributed by atoms with Gasteiger partial charge in [0.05, 0.1) is 18.0 Å². The second-order valence-electron chi connectivity index (χ2n) is 7.77. The van der Waals surface area contributed by atoms with Gasteiger partial charge in [-0.2, -0.15) is 26.3 Å². The van der Waals surface area contributed by atoms with Crippen LogP contribution in [0.5, 0.6) is 0 Å². The Kier molecular flexibility index (Phi) is 7.09. The van der Waals surface area contributed by atoms with Crippen LogP contribution in [0.2, 0.25) is 0 Å². The lowest BCUT2D eigenvalue weighted by Crippen LogP contribution is -2.48. The van der Waals surface area contributed by atoms with Crippen LogP contribution in [-0.4, -0.2) is 26.7 Å². The number of imidazole rings is 1. The lowest BCUT2D eigenvalue weighted by Gasteiger charge is -2.30. The molecule has 0 saturated heterocycles. The lowest BCUT2D eigenvalue weighted by molar-refractivity contribution is -0.271. The van der Waals surface area contributed by atoms with Crippen molar-refractivity contribution in [3.63, 3.8) is 0 Å². The standard InChI is InChI=1S/C20H23F6N3O2/c1-12(2)9-15(13-5-4-6-14(10-13)19(21,22)23)28-16(30)11-18(31,20(24,25)26)17-27-7-8-29(17)3/h4-8,10,12,15,31H,9,11H2,1-3H3,(H,28,30). The number of hydrogen-bond acceptors (Lipinski definition) is 3. The van der Waals surface area contributed by atoms with Gasteiger partial charge in [0.2, 0.25) is 11.5 Å². The topological polar surface area (TPSA) is 67.2 Å². The van der Waals surface area contributed by atoms with Crippen molar-refractivity contribution in [2.45, 2.75) is 50.7 Å². The van der Waals surface area contributed by atoms with Crippen molar-refractivity contribution in [3.8, 4) is 0 Å². The number of carbonyl (C=O) groups excluding carboxylic acids is 1. The molecule has 0 aliphatic heterocycles. The third kappa shape index (κ3) is 5.78. The summed E-state index contributed by atoms with van der Waals surface area (Å²) in [5, 5.41) is 12.7. The lowest BCUT2D eigenvalue weighted by atomic mass is 9.93. The summed E-state index contributed by atoms with van der Waals surface area (Å²) in [7, 11) is 1.24. The highest BCUT2D eigenvalue weighted by molar-refractivity contribution is 5.78. The van der Waals surface area contributed by atoms with Crippen LogP contribution in [0.3, 0.4) is 0 Å². The predicted octanol–water partition coefficient (Wildman–Crippen LogP) is 4.48. The SMILES string of the molecule is CC(C)CC(NC(=O)CC(O)(c1nccn1C)C(F)(F)F)c1cccc(C(F)(F)F)c1. The molecule has 2 atom stereocenters. The Balaban J connectivity index is 2.33. The van der Waals surface area contributed by atoms with E-state index in [1.54, 1.807) is 13.8 Å². The Bertz CT molecular complexity index is 907. The number of nitrogens with one attached hydrogen (secondary N) is 1. The first-order valence-electron chi connectivity index (χ1n) is 9.38. The van der Waals surface area contributed by atoms with Crippen LogP contribution < -0.4 is 5.32 Å². The van der Waals surface area contributed by atoms with Crippen molar-refractivity contribution in [1.82, 2.24) is 14.9 Å². The smallest absolute Gasteiger partial charge is 0.374 e. The maximum absolute atomic E-state index is 13.7. The Hall–Kier alpha value is -2.56. The summed E-state index contributed by atoms with van der Waals surface area (Å²) in [5.41, 5.74) is -4.40. The van der Waals surface area contributed by atoms with E-state index in [9.17, 15) is 36.2 Å². The van der Waals surface area contributed by atoms with Gasteiger partial charge >= 0.3 is 12.4 Å². The molecule has 0 fully saturated rings. The second-order valence-corrected chi connectivity index (χ2v) is 7.77. The van der Waals surface area contributed by atoms with Crippen molar-refractivity contribution < 1.29 is 36.2 Å². The van der Waals surface area contributed by atoms with Crippen molar-refractivity contribution in [2.24, 2.45) is 13.0 Å². The molecule has 1 aromatic heterocycles. The van der Waals surface area contributed by atoms with Crippen LogP contribution in [0, 0.1) is 5.92 Å². The molecule has 2 unspecified atom stereocenters. The first kappa shape index (κ1) is 24.7. The van der Waals surface area contributed by atoms with Gasteiger partial charge in [0, 0.05) is 19.4 Å². The molecule has 0 bridgehead atoms. The molecule has 1 amide bonds. The van der Waals surface area contributed by atoms with E-state index in [-0.39, 0.29) is 17.9 Å². The molecular weight excluding hydrogens is 428 g/mol. The summed E-state index contributed by atoms with van der Waals surface area (Å²) in [4.78, 5) is 16.0. The molecule has 2 aromatic rings. The van der Waals surface area contributed by atoms with Gasteiger partial charge in [-0.1, -0.05) is 26.0 Å². The predicted molar refractivity (Wildman–Crippen MR) is 99.6 cm³/mol. The molecule has 1 heterocycles. The van der Waals surface area contributed by atoms with E-state index in [0.717, 1.165) is 29.0 Å². The van der Waals surface area contributed by atoms with E-state index >= 15 is 0 Å². The van der Waals surface area contributed by atoms with Gasteiger partial charge in [0.1, 0.15) is 0 Å². The summed E-state index contributed by atoms with van der Waals surface area (Å²) in [6, 6.07) is 3.26. The van der Waals surface area contributed by atoms with E-state index in [1.807, 2.05) is 0 Å². The number of nitrogens with zero attached hydrogens (tertiary/aromatic N) is 2. The Morgan fingerprint density at radius 2 is 1.84 bits per heavy atom. The van der Waals surface area contributed by atoms with Gasteiger partial charge in [0.15, 0.2) is 5.82 Å². The van der Waals surface area contributed by atoms with Crippen LogP contribution in [-0.2, 0) is 23.6 Å². The first-order chi connectivity index (χ1) is 14.1. The molecule has 2 rings (SSSR count). The third-order valence-electron chi connectivity index (χ3n) is 4.74. The fraction of sp³-hybridized carbons (Fsp3) is 0.500. The molecule has 1 aromatic carbocycles. The minimum absolute atomic E-state index is 0.0871. The number of aromatic nitrogens is 2. The monoisotopic (exact) mass is 451 g/mol. The molecular formula is C20H23F6N3O2. The van der Waals surface area contributed by atoms with Crippen LogP contribution >= 0.6 is 0 Å². The number of carbonyl (C=O) groups is 1. The van der Waals surface area contributed by atoms with Crippen molar-refractivity contribution in [2.75, 3.05) is 0 Å². The third-order valence-corrected chi connectivity index (χ3v) is 4.74. The average Bonchev–Trinajstić information content (AvgIpc) is 3.05. The van der Waals surface area contributed by atoms with Crippen molar-refractivity contribution in [3.05, 3.63) is 53.6 Å². The summed E-state index contributed by atoms with van der Waals surface area (Å²) in [5.74, 6) is -2.03. The number of aryl methyl sites for hydroxylation is 1. The van der Waals surface area contributed by atoms with E-state index in [4.69, 9.17) is 0 Å². The summed E-state index contributed by atoms with van der Waals surface area (Å²) < 4.78 is 81.1. The highest BCUT2D eigenvalue weighted by Crippen LogP contribution is 2.41. The van der Waals surface area contributed by atoms with E-state index in [1.165, 1.54) is 19.3 Å². The highest BCUT2D eigenvalue weighted by Gasteiger charge is 2.58. The molecule has 11 heteroatoms. The van der Waals surface area contributed by atoms with Crippen LogP contribution in [0.15, 0.2) is 36.7 Å². The van der Waals surface area contributed by atoms with Gasteiger partial charge in [-0.25, -0.2) is 4.98 Å². The van der Waals surface area contributed by atoms with Gasteiger partial charge in [-0.3, -0.25) is 4.79 Å². The number of halogens is 6. The zero-order valence-corrected chi connectivity index (χ0v) is 17.1. The minimum atomic E-state index is -5.22. The molecule has 0 spiro atoms. The maximum Gasteiger partial charge on any atom is 0.425 e. The molecule has 5 nitrogen and oxygen atoms in total. The van der Waals surface area contributed by atoms with E-state index < -0.39 is 47.7 Å². The highest BCUT2D eigenvalue weighted by atomic mass is 19.4. The zero-order chi connectivity index (χ0) is 23.6. The molecule has 0 aliphatic rings. The van der Waals surface area contributed by atoms with Gasteiger partial charge < -0.3 is 15.0 Å². The van der Waals surface area contributed by atoms with Crippen molar-refractivity contribution in [1.29, 1.82) is 0 Å². The Morgan fingerprint density at radius 1 is 1.19 bits per heavy atom. The molecule has 0 saturated carbocycles. The van der Waals surface area contributed by atoms with Crippen LogP contribution in [0.25, 0.3) is 0 Å². The maximum atomic E-state index is 13.7. The van der Waals surface area contributed by atoms with Crippen molar-refractivity contribution >= 4 is 5.91 Å². The average molecular weight is 451 g/mol. The van der Waals surface area contributed by atoms with Gasteiger partial charge in [0.25, 0.3) is 0 Å². The molecule has 2 N–H and O–H groups in total. The molecule has 31 heavy (non-hydrogen) atoms. The largest absolute Gasteiger partial charge is 0.425 e. The molecule has 0 aliphatic carbocycles. The number of amides is 1. The first-order valence-corrected chi connectivity index (χ1v) is 9.38. The number of hydrogen-bond donors (Lipinski definition) is 2. The van der Waals surface area contributed by atoms with E-state index in [0.29, 0.717) is 0 Å². The second kappa shape index (κ2) is 8.89. The van der Waals surface area contributed by atoms with Crippen LogP contribution in [0.4, 0.5) is 26.3 Å². The number of rotatable bonds is 7. The number of alkyl halides is 6. The zero-order valence-electron chi connectivity index (χ0n) is 17.1. The summed E-state index contributed by atoms with van der Waals surface area (Å²) in [6.07, 6.45) is -8.80. The Labute approximate surface area is 175 Å². The Morgan fingerprint density at radius 3 is 2.32 bits per heavy atom. The normalized spacial score (nSPS) is 15.6. The van der Waals surface area contributed by atoms with Gasteiger partial charge in [-0.05, 0) is 30.0 Å². The summed E-state index contributed by atoms with van der Waals surface area (Å²) >= 11 is 0. The molecule has 172 valence electrons. The number of aliphatic hydroxyl groups is 1. The summed E-state index contributed by atoms with van der Waals surface area (Å²) in [6.45, 7) is 3.51. The fourth-order valence-electron chi connectivity index (χ4n) is 3.23. The van der Waals surface area contributed by atoms with Gasteiger partial charge in [-0.15, -0.1) is 0 Å². The fourth-order valence-corrected chi connectivity index (χ4v) is 3.23. The minimum Gasteiger partial charge on any atom is -0.374 e. The number of benzene rings is 1. The van der Waals surface area contributed by atoms with E-state index in [2.05, 4.69) is 10.3 Å².